The Morgan fingerprint density at radius 2 is 1.53 bits per heavy atom. The third-order valence-electron chi connectivity index (χ3n) is 10.3. The number of carbonyl (C=O) groups excluding carboxylic acids is 3. The summed E-state index contributed by atoms with van der Waals surface area (Å²) in [6.07, 6.45) is 2.05. The van der Waals surface area contributed by atoms with Crippen LogP contribution < -0.4 is 36.5 Å². The zero-order chi connectivity index (χ0) is 42.7. The molecule has 320 valence electrons. The molecule has 4 rings (SSSR count). The summed E-state index contributed by atoms with van der Waals surface area (Å²) in [5.41, 5.74) is 11.5. The van der Waals surface area contributed by atoms with Gasteiger partial charge in [-0.05, 0) is 95.8 Å². The summed E-state index contributed by atoms with van der Waals surface area (Å²) in [7, 11) is 0. The Bertz CT molecular complexity index is 2050. The number of rotatable bonds is 25. The van der Waals surface area contributed by atoms with E-state index in [1.165, 1.54) is 0 Å². The Labute approximate surface area is 349 Å². The molecular weight excluding hydrogens is 749 g/mol. The minimum Gasteiger partial charge on any atom is -0.456 e. The lowest BCUT2D eigenvalue weighted by Crippen LogP contribution is -2.66. The summed E-state index contributed by atoms with van der Waals surface area (Å²) >= 11 is 0. The largest absolute Gasteiger partial charge is 0.456 e. The first-order chi connectivity index (χ1) is 28.5. The summed E-state index contributed by atoms with van der Waals surface area (Å²) in [4.78, 5) is 39.0. The number of aryl methyl sites for hydroxylation is 1. The van der Waals surface area contributed by atoms with Crippen molar-refractivity contribution in [3.05, 3.63) is 77.7 Å². The summed E-state index contributed by atoms with van der Waals surface area (Å²) in [5, 5.41) is 10.8. The standard InChI is InChI=1S/C46H64N6O7/c1-8-51(9-2)35-16-19-38-41(29-35)59-42-30-36(52(10-3)11-4)17-20-39(42)44(38)37-18-15-34(28-33(37)7)50-46(55)40(47)14-12-13-21-48-43(53)31-58-27-26-57-25-24-56-23-22-49-45(54)32(5)6/h15-20,28-30,40H,5,8-14,21-27,31,47H2,1-4,6-7H3,(H2,48,49,53,54)/p+2/t40-/m0/s1. The van der Waals surface area contributed by atoms with Crippen LogP contribution in [0.15, 0.2) is 71.2 Å². The number of nitrogens with one attached hydrogen (secondary N) is 3. The fourth-order valence-corrected chi connectivity index (χ4v) is 6.91. The van der Waals surface area contributed by atoms with E-state index in [0.717, 1.165) is 94.7 Å². The normalized spacial score (nSPS) is 11.7. The Morgan fingerprint density at radius 1 is 0.831 bits per heavy atom. The number of nitrogens with zero attached hydrogens (tertiary/aromatic N) is 2. The van der Waals surface area contributed by atoms with Gasteiger partial charge in [0.05, 0.1) is 39.1 Å². The van der Waals surface area contributed by atoms with Gasteiger partial charge >= 0.3 is 0 Å². The third-order valence-corrected chi connectivity index (χ3v) is 10.3. The zero-order valence-electron chi connectivity index (χ0n) is 36.0. The molecule has 0 spiro atoms. The molecule has 1 heterocycles. The van der Waals surface area contributed by atoms with Crippen LogP contribution >= 0.6 is 0 Å². The fourth-order valence-electron chi connectivity index (χ4n) is 6.91. The molecule has 0 fully saturated rings. The molecule has 2 aliphatic rings. The molecule has 0 saturated heterocycles. The summed E-state index contributed by atoms with van der Waals surface area (Å²) in [6, 6.07) is 18.6. The van der Waals surface area contributed by atoms with Crippen LogP contribution in [0.25, 0.3) is 33.4 Å². The molecule has 1 aliphatic heterocycles. The van der Waals surface area contributed by atoms with Gasteiger partial charge in [0.1, 0.15) is 31.0 Å². The van der Waals surface area contributed by atoms with E-state index in [-0.39, 0.29) is 30.9 Å². The van der Waals surface area contributed by atoms with Crippen LogP contribution in [0, 0.1) is 6.92 Å². The van der Waals surface area contributed by atoms with Gasteiger partial charge in [0.25, 0.3) is 5.91 Å². The Kier molecular flexibility index (Phi) is 19.0. The SMILES string of the molecule is C=C(C)C(=O)NCCOCCOCCOCC(=O)NCCCC[C@H]([NH3+])C(=O)Nc1ccc(-c2c3ccc(=[N+](CC)CC)cc-3oc3cc(N(CC)CC)ccc23)c(C)c1. The number of unbranched alkanes of at least 4 members (excludes halogenated alkanes) is 1. The number of carbonyl (C=O) groups is 3. The number of benzene rings is 3. The molecule has 0 bridgehead atoms. The second kappa shape index (κ2) is 24.1. The number of hydrogen-bond acceptors (Lipinski definition) is 8. The van der Waals surface area contributed by atoms with Crippen molar-refractivity contribution in [1.82, 2.24) is 15.2 Å². The predicted molar refractivity (Wildman–Crippen MR) is 235 cm³/mol. The van der Waals surface area contributed by atoms with Crippen molar-refractivity contribution >= 4 is 40.1 Å². The number of fused-ring (bicyclic) bond motifs is 2. The molecule has 13 heteroatoms. The van der Waals surface area contributed by atoms with E-state index in [1.54, 1.807) is 6.92 Å². The molecular formula is C46H66N6O7+2. The van der Waals surface area contributed by atoms with E-state index < -0.39 is 6.04 Å². The highest BCUT2D eigenvalue weighted by Gasteiger charge is 2.22. The van der Waals surface area contributed by atoms with Crippen LogP contribution in [0.4, 0.5) is 11.4 Å². The van der Waals surface area contributed by atoms with E-state index in [9.17, 15) is 14.4 Å². The maximum atomic E-state index is 13.2. The van der Waals surface area contributed by atoms with Crippen molar-refractivity contribution in [3.63, 3.8) is 0 Å². The lowest BCUT2D eigenvalue weighted by Gasteiger charge is -2.22. The average Bonchev–Trinajstić information content (AvgIpc) is 3.22. The number of ether oxygens (including phenoxy) is 3. The first-order valence-corrected chi connectivity index (χ1v) is 21.0. The average molecular weight is 815 g/mol. The van der Waals surface area contributed by atoms with Crippen molar-refractivity contribution < 1.29 is 38.7 Å². The highest BCUT2D eigenvalue weighted by molar-refractivity contribution is 6.04. The smallest absolute Gasteiger partial charge is 0.282 e. The Hall–Kier alpha value is -5.08. The Balaban J connectivity index is 1.25. The van der Waals surface area contributed by atoms with Crippen LogP contribution in [-0.2, 0) is 28.6 Å². The number of amides is 3. The minimum atomic E-state index is -0.439. The van der Waals surface area contributed by atoms with Crippen molar-refractivity contribution in [2.45, 2.75) is 66.8 Å². The topological polar surface area (TPSA) is 162 Å². The molecule has 0 aromatic heterocycles. The molecule has 1 atom stereocenters. The van der Waals surface area contributed by atoms with Gasteiger partial charge in [-0.25, -0.2) is 4.58 Å². The molecule has 1 aliphatic carbocycles. The van der Waals surface area contributed by atoms with Gasteiger partial charge < -0.3 is 45.2 Å². The molecule has 13 nitrogen and oxygen atoms in total. The predicted octanol–water partition coefficient (Wildman–Crippen LogP) is 4.75. The first kappa shape index (κ1) is 46.6. The van der Waals surface area contributed by atoms with Gasteiger partial charge in [0.2, 0.25) is 17.2 Å². The van der Waals surface area contributed by atoms with Gasteiger partial charge in [-0.2, -0.15) is 0 Å². The molecule has 2 aromatic carbocycles. The number of anilines is 2. The molecule has 0 saturated carbocycles. The van der Waals surface area contributed by atoms with E-state index in [4.69, 9.17) is 18.6 Å². The molecule has 0 radical (unpaired) electrons. The summed E-state index contributed by atoms with van der Waals surface area (Å²) in [6.45, 7) is 22.2. The monoisotopic (exact) mass is 814 g/mol. The second-order valence-electron chi connectivity index (χ2n) is 14.6. The van der Waals surface area contributed by atoms with Crippen molar-refractivity contribution in [2.75, 3.05) is 89.1 Å². The lowest BCUT2D eigenvalue weighted by molar-refractivity contribution is -0.404. The van der Waals surface area contributed by atoms with Crippen molar-refractivity contribution in [3.8, 4) is 22.5 Å². The molecule has 3 amide bonds. The van der Waals surface area contributed by atoms with Crippen LogP contribution in [0.2, 0.25) is 0 Å². The van der Waals surface area contributed by atoms with Crippen LogP contribution in [-0.4, -0.2) is 103 Å². The molecule has 6 N–H and O–H groups in total. The van der Waals surface area contributed by atoms with E-state index in [0.29, 0.717) is 51.5 Å². The number of hydrogen-bond donors (Lipinski definition) is 4. The maximum absolute atomic E-state index is 13.2. The van der Waals surface area contributed by atoms with Crippen molar-refractivity contribution in [2.24, 2.45) is 0 Å². The fraction of sp³-hybridized carbons (Fsp3) is 0.478. The number of quaternary nitrogens is 1. The highest BCUT2D eigenvalue weighted by atomic mass is 16.5. The molecule has 2 aromatic rings. The van der Waals surface area contributed by atoms with Gasteiger partial charge in [-0.15, -0.1) is 0 Å². The van der Waals surface area contributed by atoms with Crippen LogP contribution in [0.3, 0.4) is 0 Å². The van der Waals surface area contributed by atoms with Crippen molar-refractivity contribution in [1.29, 1.82) is 0 Å². The second-order valence-corrected chi connectivity index (χ2v) is 14.6. The lowest BCUT2D eigenvalue weighted by atomic mass is 9.90. The Morgan fingerprint density at radius 3 is 2.20 bits per heavy atom. The van der Waals surface area contributed by atoms with E-state index in [1.807, 2.05) is 12.1 Å². The van der Waals surface area contributed by atoms with E-state index >= 15 is 0 Å². The molecule has 59 heavy (non-hydrogen) atoms. The molecule has 0 unspecified atom stereocenters. The zero-order valence-corrected chi connectivity index (χ0v) is 36.0. The van der Waals surface area contributed by atoms with Gasteiger partial charge in [-0.3, -0.25) is 14.4 Å². The third kappa shape index (κ3) is 13.7. The van der Waals surface area contributed by atoms with Gasteiger partial charge in [0, 0.05) is 78.2 Å². The summed E-state index contributed by atoms with van der Waals surface area (Å²) < 4.78 is 25.2. The van der Waals surface area contributed by atoms with Crippen LogP contribution in [0.5, 0.6) is 0 Å². The van der Waals surface area contributed by atoms with Gasteiger partial charge in [0.15, 0.2) is 6.04 Å². The maximum Gasteiger partial charge on any atom is 0.282 e. The summed E-state index contributed by atoms with van der Waals surface area (Å²) in [5.74, 6) is 0.301. The highest BCUT2D eigenvalue weighted by Crippen LogP contribution is 2.42. The minimum absolute atomic E-state index is 0.0535. The van der Waals surface area contributed by atoms with Crippen LogP contribution in [0.1, 0.15) is 59.4 Å². The first-order valence-electron chi connectivity index (χ1n) is 21.0. The van der Waals surface area contributed by atoms with E-state index in [2.05, 4.69) is 115 Å². The quantitative estimate of drug-likeness (QED) is 0.0323. The van der Waals surface area contributed by atoms with Gasteiger partial charge in [-0.1, -0.05) is 12.6 Å².